The van der Waals surface area contributed by atoms with E-state index in [2.05, 4.69) is 74.7 Å². The maximum Gasteiger partial charge on any atom is 2.00 e. The van der Waals surface area contributed by atoms with Gasteiger partial charge in [-0.15, -0.1) is 0 Å². The first-order valence-corrected chi connectivity index (χ1v) is 21.2. The quantitative estimate of drug-likeness (QED) is 0.0426. The molecule has 0 bridgehead atoms. The van der Waals surface area contributed by atoms with Crippen LogP contribution in [0.3, 0.4) is 0 Å². The molecule has 0 saturated carbocycles. The van der Waals surface area contributed by atoms with Gasteiger partial charge in [-0.2, -0.15) is 0 Å². The Bertz CT molecular complexity index is 1040. The molecule has 49 heavy (non-hydrogen) atoms. The molecule has 0 saturated heterocycles. The van der Waals surface area contributed by atoms with Crippen LogP contribution >= 0.6 is 24.4 Å². The minimum absolute atomic E-state index is 0. The molecule has 0 spiro atoms. The maximum atomic E-state index is 5.09. The second kappa shape index (κ2) is 33.1. The molecule has 0 amide bonds. The minimum atomic E-state index is 0. The van der Waals surface area contributed by atoms with Crippen molar-refractivity contribution in [2.75, 3.05) is 10.6 Å². The molecule has 0 radical (unpaired) electrons. The van der Waals surface area contributed by atoms with Crippen LogP contribution in [0.25, 0.3) is 0 Å². The summed E-state index contributed by atoms with van der Waals surface area (Å²) in [6, 6.07) is 13.1. The molecule has 0 aliphatic heterocycles. The molecule has 0 fully saturated rings. The van der Waals surface area contributed by atoms with Crippen LogP contribution in [0, 0.1) is 0 Å². The van der Waals surface area contributed by atoms with Crippen molar-refractivity contribution in [1.29, 1.82) is 0 Å². The second-order valence-electron chi connectivity index (χ2n) is 13.4. The first kappa shape index (κ1) is 48.3. The molecule has 2 rings (SSSR count). The summed E-state index contributed by atoms with van der Waals surface area (Å²) in [4.78, 5) is 0. The third-order valence-electron chi connectivity index (χ3n) is 9.18. The van der Waals surface area contributed by atoms with Crippen LogP contribution in [0.1, 0.15) is 178 Å². The smallest absolute Gasteiger partial charge is 0.411 e. The van der Waals surface area contributed by atoms with E-state index in [1.54, 1.807) is 0 Å². The van der Waals surface area contributed by atoms with E-state index in [-0.39, 0.29) is 19.5 Å². The summed E-state index contributed by atoms with van der Waals surface area (Å²) in [5.41, 5.74) is 8.12. The van der Waals surface area contributed by atoms with Crippen molar-refractivity contribution in [1.82, 2.24) is 0 Å². The topological polar surface area (TPSA) is 24.1 Å². The minimum Gasteiger partial charge on any atom is -0.411 e. The van der Waals surface area contributed by atoms with Gasteiger partial charge in [-0.1, -0.05) is 163 Å². The van der Waals surface area contributed by atoms with E-state index in [1.807, 2.05) is 0 Å². The summed E-state index contributed by atoms with van der Waals surface area (Å²) >= 11 is 20.4. The molecule has 2 nitrogen and oxygen atoms in total. The van der Waals surface area contributed by atoms with E-state index in [9.17, 15) is 0 Å². The Kier molecular flexibility index (Phi) is 32.7. The van der Waals surface area contributed by atoms with Crippen molar-refractivity contribution in [2.45, 2.75) is 182 Å². The van der Waals surface area contributed by atoms with Crippen molar-refractivity contribution in [3.05, 3.63) is 58.7 Å². The Hall–Kier alpha value is -0.717. The molecule has 0 atom stereocenters. The van der Waals surface area contributed by atoms with Gasteiger partial charge in [0.1, 0.15) is 0 Å². The van der Waals surface area contributed by atoms with Crippen LogP contribution in [0.5, 0.6) is 0 Å². The monoisotopic (exact) mass is 792 g/mol. The van der Waals surface area contributed by atoms with E-state index < -0.39 is 0 Å². The number of unbranched alkanes of at least 4 members (excludes halogenated alkanes) is 16. The summed E-state index contributed by atoms with van der Waals surface area (Å²) in [6.45, 7) is 9.06. The van der Waals surface area contributed by atoms with Crippen LogP contribution in [0.4, 0.5) is 11.4 Å². The number of aryl methyl sites for hydroxylation is 2. The van der Waals surface area contributed by atoms with Crippen molar-refractivity contribution >= 4 is 69.7 Å². The van der Waals surface area contributed by atoms with Gasteiger partial charge < -0.3 is 60.3 Å². The number of nitrogens with one attached hydrogen (secondary N) is 2. The fourth-order valence-corrected chi connectivity index (χ4v) is 6.87. The predicted molar refractivity (Wildman–Crippen MR) is 230 cm³/mol. The van der Waals surface area contributed by atoms with E-state index in [0.717, 1.165) is 24.2 Å². The van der Waals surface area contributed by atoms with Crippen molar-refractivity contribution in [3.63, 3.8) is 0 Å². The van der Waals surface area contributed by atoms with Crippen molar-refractivity contribution < 1.29 is 19.5 Å². The Morgan fingerprint density at radius 1 is 0.449 bits per heavy atom. The molecule has 0 aliphatic rings. The largest absolute Gasteiger partial charge is 2.00 e. The Labute approximate surface area is 337 Å². The van der Waals surface area contributed by atoms with Crippen molar-refractivity contribution in [3.8, 4) is 0 Å². The van der Waals surface area contributed by atoms with E-state index in [4.69, 9.17) is 49.7 Å². The van der Waals surface area contributed by atoms with Gasteiger partial charge in [0, 0.05) is 11.4 Å². The van der Waals surface area contributed by atoms with Gasteiger partial charge in [-0.05, 0) is 85.8 Å². The summed E-state index contributed by atoms with van der Waals surface area (Å²) in [5.74, 6) is 0. The molecule has 7 heteroatoms. The maximum absolute atomic E-state index is 5.09. The molecule has 2 N–H and O–H groups in total. The standard InChI is InChI=1S/2C21H35NS2.Zn/c2*1-3-5-7-9-11-14-18-15-13-17-20(22-21(23)24)19(18)16-12-10-8-6-4-2;/h2*13,15,17H,3-12,14,16H2,1-2H3,(H2,22,23,24);/q;;+2/p-2. The van der Waals surface area contributed by atoms with E-state index in [0.29, 0.717) is 8.64 Å². The van der Waals surface area contributed by atoms with Gasteiger partial charge in [-0.3, -0.25) is 0 Å². The molecular weight excluding hydrogens is 726 g/mol. The van der Waals surface area contributed by atoms with Crippen LogP contribution in [0.2, 0.25) is 0 Å². The molecule has 0 unspecified atom stereocenters. The molecule has 0 aromatic heterocycles. The Balaban J connectivity index is 0.000000922. The van der Waals surface area contributed by atoms with Gasteiger partial charge in [0.05, 0.1) is 0 Å². The molecule has 0 heterocycles. The SMILES string of the molecule is CCCCCCCc1cccc(NC(=S)[S-])c1CCCCCCC.CCCCCCCc1cccc(NC(=S)[S-])c1CCCCCCC.[Zn+2]. The Morgan fingerprint density at radius 2 is 0.735 bits per heavy atom. The molecule has 2 aromatic carbocycles. The summed E-state index contributed by atoms with van der Waals surface area (Å²) in [5, 5.41) is 6.45. The molecule has 2 aromatic rings. The zero-order chi connectivity index (χ0) is 35.2. The van der Waals surface area contributed by atoms with E-state index >= 15 is 0 Å². The molecule has 272 valence electrons. The van der Waals surface area contributed by atoms with Gasteiger partial charge in [-0.25, -0.2) is 0 Å². The Morgan fingerprint density at radius 3 is 1.02 bits per heavy atom. The second-order valence-corrected chi connectivity index (χ2v) is 15.5. The van der Waals surface area contributed by atoms with Gasteiger partial charge >= 0.3 is 19.5 Å². The molecular formula is C42H68N2S4Zn. The van der Waals surface area contributed by atoms with Crippen LogP contribution in [0.15, 0.2) is 36.4 Å². The number of thiocarbonyl (C=S) groups is 2. The van der Waals surface area contributed by atoms with Gasteiger partial charge in [0.15, 0.2) is 0 Å². The average Bonchev–Trinajstić information content (AvgIpc) is 3.06. The third kappa shape index (κ3) is 24.2. The predicted octanol–water partition coefficient (Wildman–Crippen LogP) is 13.9. The number of benzene rings is 2. The number of anilines is 2. The van der Waals surface area contributed by atoms with Crippen LogP contribution in [-0.4, -0.2) is 8.64 Å². The fourth-order valence-electron chi connectivity index (χ4n) is 6.43. The van der Waals surface area contributed by atoms with Gasteiger partial charge in [0.2, 0.25) is 0 Å². The summed E-state index contributed by atoms with van der Waals surface area (Å²) in [7, 11) is 0. The van der Waals surface area contributed by atoms with Crippen LogP contribution in [-0.2, 0) is 70.4 Å². The summed E-state index contributed by atoms with van der Waals surface area (Å²) in [6.07, 6.45) is 31.0. The summed E-state index contributed by atoms with van der Waals surface area (Å²) < 4.78 is 0.893. The first-order valence-electron chi connectivity index (χ1n) is 19.5. The third-order valence-corrected chi connectivity index (χ3v) is 9.59. The number of hydrogen-bond acceptors (Lipinski definition) is 4. The molecule has 0 aliphatic carbocycles. The van der Waals surface area contributed by atoms with E-state index in [1.165, 1.54) is 164 Å². The normalized spacial score (nSPS) is 10.5. The fraction of sp³-hybridized carbons (Fsp3) is 0.667. The van der Waals surface area contributed by atoms with Crippen LogP contribution < -0.4 is 10.6 Å². The number of rotatable bonds is 26. The average molecular weight is 795 g/mol. The van der Waals surface area contributed by atoms with Crippen molar-refractivity contribution in [2.24, 2.45) is 0 Å². The number of hydrogen-bond donors (Lipinski definition) is 2. The first-order chi connectivity index (χ1) is 23.4. The zero-order valence-corrected chi connectivity index (χ0v) is 38.0. The van der Waals surface area contributed by atoms with Gasteiger partial charge in [0.25, 0.3) is 0 Å². The zero-order valence-electron chi connectivity index (χ0n) is 31.8.